The Morgan fingerprint density at radius 2 is 1.53 bits per heavy atom. The van der Waals surface area contributed by atoms with E-state index in [9.17, 15) is 10.1 Å². The maximum atomic E-state index is 11.1. The molecule has 0 aromatic heterocycles. The van der Waals surface area contributed by atoms with Crippen LogP contribution < -0.4 is 5.32 Å². The van der Waals surface area contributed by atoms with E-state index in [2.05, 4.69) is 5.32 Å². The third-order valence-electron chi connectivity index (χ3n) is 3.07. The molecule has 19 heavy (non-hydrogen) atoms. The van der Waals surface area contributed by atoms with Crippen LogP contribution in [0.15, 0.2) is 60.7 Å². The van der Waals surface area contributed by atoms with Gasteiger partial charge in [-0.25, -0.2) is 0 Å². The number of hydrogen-bond acceptors (Lipinski definition) is 3. The van der Waals surface area contributed by atoms with Crippen molar-refractivity contribution in [2.75, 3.05) is 5.32 Å². The minimum Gasteiger partial charge on any atom is -0.372 e. The van der Waals surface area contributed by atoms with Crippen molar-refractivity contribution >= 4 is 5.69 Å². The summed E-state index contributed by atoms with van der Waals surface area (Å²) < 4.78 is 0. The van der Waals surface area contributed by atoms with Gasteiger partial charge in [-0.2, -0.15) is 0 Å². The molecule has 0 radical (unpaired) electrons. The SMILES string of the molecule is CC(C(Nc1ccccc1)c1ccccc1)[N+](=O)[O-]. The van der Waals surface area contributed by atoms with Crippen molar-refractivity contribution in [1.82, 2.24) is 0 Å². The molecule has 0 saturated carbocycles. The topological polar surface area (TPSA) is 55.2 Å². The molecule has 2 aromatic carbocycles. The molecule has 0 amide bonds. The van der Waals surface area contributed by atoms with E-state index in [0.717, 1.165) is 11.3 Å². The zero-order valence-electron chi connectivity index (χ0n) is 10.7. The number of benzene rings is 2. The van der Waals surface area contributed by atoms with Gasteiger partial charge in [0.25, 0.3) is 0 Å². The van der Waals surface area contributed by atoms with Gasteiger partial charge in [0.15, 0.2) is 0 Å². The molecule has 0 aliphatic carbocycles. The molecule has 98 valence electrons. The van der Waals surface area contributed by atoms with E-state index in [-0.39, 0.29) is 11.0 Å². The van der Waals surface area contributed by atoms with Gasteiger partial charge in [0.05, 0.1) is 0 Å². The molecule has 4 heteroatoms. The smallest absolute Gasteiger partial charge is 0.234 e. The van der Waals surface area contributed by atoms with Crippen molar-refractivity contribution < 1.29 is 4.92 Å². The second-order valence-electron chi connectivity index (χ2n) is 4.42. The normalized spacial score (nSPS) is 13.5. The van der Waals surface area contributed by atoms with E-state index in [4.69, 9.17) is 0 Å². The summed E-state index contributed by atoms with van der Waals surface area (Å²) in [4.78, 5) is 10.8. The number of nitrogens with one attached hydrogen (secondary N) is 1. The molecule has 0 bridgehead atoms. The molecule has 2 aromatic rings. The number of anilines is 1. The highest BCUT2D eigenvalue weighted by atomic mass is 16.6. The highest BCUT2D eigenvalue weighted by Gasteiger charge is 2.27. The minimum atomic E-state index is -0.706. The Labute approximate surface area is 112 Å². The molecule has 2 atom stereocenters. The van der Waals surface area contributed by atoms with E-state index >= 15 is 0 Å². The number of nitro groups is 1. The molecule has 0 aliphatic rings. The van der Waals surface area contributed by atoms with Crippen molar-refractivity contribution in [1.29, 1.82) is 0 Å². The quantitative estimate of drug-likeness (QED) is 0.658. The van der Waals surface area contributed by atoms with E-state index in [0.29, 0.717) is 0 Å². The molecule has 0 heterocycles. The summed E-state index contributed by atoms with van der Waals surface area (Å²) in [6, 6.07) is 18.0. The maximum Gasteiger partial charge on any atom is 0.234 e. The van der Waals surface area contributed by atoms with E-state index in [1.54, 1.807) is 6.92 Å². The predicted octanol–water partition coefficient (Wildman–Crippen LogP) is 3.51. The van der Waals surface area contributed by atoms with Gasteiger partial charge in [0, 0.05) is 17.5 Å². The summed E-state index contributed by atoms with van der Waals surface area (Å²) in [5.74, 6) is 0. The summed E-state index contributed by atoms with van der Waals surface area (Å²) in [5.41, 5.74) is 1.79. The van der Waals surface area contributed by atoms with Crippen LogP contribution in [0.5, 0.6) is 0 Å². The molecule has 2 rings (SSSR count). The van der Waals surface area contributed by atoms with Crippen molar-refractivity contribution in [2.45, 2.75) is 19.0 Å². The van der Waals surface area contributed by atoms with Crippen LogP contribution in [0, 0.1) is 10.1 Å². The number of nitrogens with zero attached hydrogens (tertiary/aromatic N) is 1. The van der Waals surface area contributed by atoms with Gasteiger partial charge in [-0.1, -0.05) is 48.5 Å². The van der Waals surface area contributed by atoms with E-state index < -0.39 is 6.04 Å². The Bertz CT molecular complexity index is 528. The first-order chi connectivity index (χ1) is 9.18. The fourth-order valence-electron chi connectivity index (χ4n) is 1.98. The molecular formula is C15H16N2O2. The van der Waals surface area contributed by atoms with Gasteiger partial charge in [0.1, 0.15) is 6.04 Å². The van der Waals surface area contributed by atoms with E-state index in [1.165, 1.54) is 0 Å². The first-order valence-electron chi connectivity index (χ1n) is 6.18. The molecule has 1 N–H and O–H groups in total. The molecule has 0 fully saturated rings. The van der Waals surface area contributed by atoms with E-state index in [1.807, 2.05) is 60.7 Å². The van der Waals surface area contributed by atoms with Crippen molar-refractivity contribution in [3.8, 4) is 0 Å². The Morgan fingerprint density at radius 1 is 1.00 bits per heavy atom. The average Bonchev–Trinajstić information content (AvgIpc) is 2.46. The lowest BCUT2D eigenvalue weighted by Gasteiger charge is -2.21. The Morgan fingerprint density at radius 3 is 2.05 bits per heavy atom. The zero-order valence-corrected chi connectivity index (χ0v) is 10.7. The Hall–Kier alpha value is -2.36. The standard InChI is InChI=1S/C15H16N2O2/c1-12(17(18)19)15(13-8-4-2-5-9-13)16-14-10-6-3-7-11-14/h2-12,15-16H,1H3. The molecule has 0 saturated heterocycles. The average molecular weight is 256 g/mol. The second-order valence-corrected chi connectivity index (χ2v) is 4.42. The number of hydrogen-bond donors (Lipinski definition) is 1. The lowest BCUT2D eigenvalue weighted by Crippen LogP contribution is -2.29. The first kappa shape index (κ1) is 13.1. The second kappa shape index (κ2) is 6.00. The lowest BCUT2D eigenvalue weighted by molar-refractivity contribution is -0.521. The van der Waals surface area contributed by atoms with Gasteiger partial charge in [-0.3, -0.25) is 10.1 Å². The van der Waals surface area contributed by atoms with Crippen LogP contribution in [0.1, 0.15) is 18.5 Å². The van der Waals surface area contributed by atoms with Gasteiger partial charge in [0.2, 0.25) is 6.04 Å². The summed E-state index contributed by atoms with van der Waals surface area (Å²) in [7, 11) is 0. The fourth-order valence-corrected chi connectivity index (χ4v) is 1.98. The molecular weight excluding hydrogens is 240 g/mol. The molecule has 0 aliphatic heterocycles. The summed E-state index contributed by atoms with van der Waals surface area (Å²) in [6.07, 6.45) is 0. The van der Waals surface area contributed by atoms with Crippen molar-refractivity contribution in [3.63, 3.8) is 0 Å². The summed E-state index contributed by atoms with van der Waals surface area (Å²) >= 11 is 0. The van der Waals surface area contributed by atoms with Crippen LogP contribution >= 0.6 is 0 Å². The zero-order chi connectivity index (χ0) is 13.7. The van der Waals surface area contributed by atoms with Crippen LogP contribution in [0.2, 0.25) is 0 Å². The third kappa shape index (κ3) is 3.31. The van der Waals surface area contributed by atoms with Crippen LogP contribution in [0.3, 0.4) is 0 Å². The van der Waals surface area contributed by atoms with Gasteiger partial charge in [-0.05, 0) is 17.7 Å². The highest BCUT2D eigenvalue weighted by molar-refractivity contribution is 5.45. The largest absolute Gasteiger partial charge is 0.372 e. The molecule has 0 spiro atoms. The predicted molar refractivity (Wildman–Crippen MR) is 75.7 cm³/mol. The minimum absolute atomic E-state index is 0.256. The van der Waals surface area contributed by atoms with Crippen LogP contribution in [0.4, 0.5) is 5.69 Å². The van der Waals surface area contributed by atoms with Gasteiger partial charge >= 0.3 is 0 Å². The number of para-hydroxylation sites is 1. The van der Waals surface area contributed by atoms with Crippen LogP contribution in [-0.2, 0) is 0 Å². The highest BCUT2D eigenvalue weighted by Crippen LogP contribution is 2.23. The summed E-state index contributed by atoms with van der Waals surface area (Å²) in [5, 5.41) is 14.3. The number of rotatable bonds is 5. The van der Waals surface area contributed by atoms with Gasteiger partial charge in [-0.15, -0.1) is 0 Å². The van der Waals surface area contributed by atoms with Gasteiger partial charge < -0.3 is 5.32 Å². The monoisotopic (exact) mass is 256 g/mol. The Kier molecular flexibility index (Phi) is 4.13. The Balaban J connectivity index is 2.27. The van der Waals surface area contributed by atoms with Crippen LogP contribution in [-0.4, -0.2) is 11.0 Å². The third-order valence-corrected chi connectivity index (χ3v) is 3.07. The van der Waals surface area contributed by atoms with Crippen LogP contribution in [0.25, 0.3) is 0 Å². The van der Waals surface area contributed by atoms with Crippen molar-refractivity contribution in [2.24, 2.45) is 0 Å². The molecule has 4 nitrogen and oxygen atoms in total. The fraction of sp³-hybridized carbons (Fsp3) is 0.200. The van der Waals surface area contributed by atoms with Crippen molar-refractivity contribution in [3.05, 3.63) is 76.3 Å². The maximum absolute atomic E-state index is 11.1. The molecule has 2 unspecified atom stereocenters. The summed E-state index contributed by atoms with van der Waals surface area (Å²) in [6.45, 7) is 1.62. The first-order valence-corrected chi connectivity index (χ1v) is 6.18. The lowest BCUT2D eigenvalue weighted by atomic mass is 10.0.